The number of hydrogen-bond donors (Lipinski definition) is 2. The second-order valence-electron chi connectivity index (χ2n) is 3.92. The van der Waals surface area contributed by atoms with Crippen LogP contribution in [0.4, 0.5) is 0 Å². The Labute approximate surface area is 104 Å². The van der Waals surface area contributed by atoms with Crippen LogP contribution in [0.3, 0.4) is 0 Å². The number of aliphatic carboxylic acids is 1. The van der Waals surface area contributed by atoms with Crippen molar-refractivity contribution in [3.63, 3.8) is 0 Å². The van der Waals surface area contributed by atoms with Gasteiger partial charge in [0.05, 0.1) is 0 Å². The molecule has 3 nitrogen and oxygen atoms in total. The van der Waals surface area contributed by atoms with E-state index in [4.69, 9.17) is 10.8 Å². The molecule has 1 rings (SSSR count). The highest BCUT2D eigenvalue weighted by atomic mass is 79.9. The summed E-state index contributed by atoms with van der Waals surface area (Å²) in [6.07, 6.45) is 2.19. The van der Waals surface area contributed by atoms with Crippen LogP contribution in [0.1, 0.15) is 24.0 Å². The van der Waals surface area contributed by atoms with Gasteiger partial charge in [0.1, 0.15) is 6.04 Å². The standard InChI is InChI=1S/C12H16BrNO2/c1-8-7-9(5-6-10(8)13)3-2-4-11(14)12(15)16/h5-7,11H,2-4,14H2,1H3,(H,15,16). The summed E-state index contributed by atoms with van der Waals surface area (Å²) in [5.41, 5.74) is 7.84. The Balaban J connectivity index is 2.43. The molecule has 0 amide bonds. The molecule has 0 bridgehead atoms. The van der Waals surface area contributed by atoms with Crippen LogP contribution in [-0.2, 0) is 11.2 Å². The van der Waals surface area contributed by atoms with Gasteiger partial charge in [0, 0.05) is 4.47 Å². The highest BCUT2D eigenvalue weighted by molar-refractivity contribution is 9.10. The SMILES string of the molecule is Cc1cc(CCCC(N)C(=O)O)ccc1Br. The molecule has 0 aromatic heterocycles. The molecule has 0 fully saturated rings. The molecule has 0 aliphatic rings. The molecule has 0 radical (unpaired) electrons. The lowest BCUT2D eigenvalue weighted by molar-refractivity contribution is -0.138. The normalized spacial score (nSPS) is 12.4. The fourth-order valence-corrected chi connectivity index (χ4v) is 1.76. The van der Waals surface area contributed by atoms with Crippen LogP contribution in [0.5, 0.6) is 0 Å². The van der Waals surface area contributed by atoms with Gasteiger partial charge in [-0.2, -0.15) is 0 Å². The molecule has 3 N–H and O–H groups in total. The van der Waals surface area contributed by atoms with E-state index in [1.165, 1.54) is 11.1 Å². The zero-order valence-electron chi connectivity index (χ0n) is 9.24. The first-order valence-corrected chi connectivity index (χ1v) is 6.03. The van der Waals surface area contributed by atoms with Crippen molar-refractivity contribution >= 4 is 21.9 Å². The van der Waals surface area contributed by atoms with Gasteiger partial charge in [-0.05, 0) is 43.4 Å². The van der Waals surface area contributed by atoms with Gasteiger partial charge in [0.15, 0.2) is 0 Å². The highest BCUT2D eigenvalue weighted by Crippen LogP contribution is 2.18. The molecule has 0 heterocycles. The number of carboxylic acids is 1. The van der Waals surface area contributed by atoms with E-state index in [1.807, 2.05) is 19.1 Å². The zero-order valence-corrected chi connectivity index (χ0v) is 10.8. The van der Waals surface area contributed by atoms with Crippen molar-refractivity contribution in [1.82, 2.24) is 0 Å². The topological polar surface area (TPSA) is 63.3 Å². The lowest BCUT2D eigenvalue weighted by Gasteiger charge is -2.07. The highest BCUT2D eigenvalue weighted by Gasteiger charge is 2.10. The Kier molecular flexibility index (Phi) is 4.96. The van der Waals surface area contributed by atoms with E-state index >= 15 is 0 Å². The summed E-state index contributed by atoms with van der Waals surface area (Å²) in [7, 11) is 0. The monoisotopic (exact) mass is 285 g/mol. The second-order valence-corrected chi connectivity index (χ2v) is 4.77. The van der Waals surface area contributed by atoms with E-state index in [-0.39, 0.29) is 0 Å². The smallest absolute Gasteiger partial charge is 0.320 e. The first-order valence-electron chi connectivity index (χ1n) is 5.24. The van der Waals surface area contributed by atoms with Crippen LogP contribution in [0, 0.1) is 6.92 Å². The molecule has 1 aromatic rings. The molecule has 0 aliphatic carbocycles. The molecular formula is C12H16BrNO2. The minimum atomic E-state index is -0.924. The van der Waals surface area contributed by atoms with E-state index in [0.717, 1.165) is 17.3 Å². The molecule has 0 spiro atoms. The van der Waals surface area contributed by atoms with Gasteiger partial charge >= 0.3 is 5.97 Å². The molecule has 0 saturated carbocycles. The van der Waals surface area contributed by atoms with E-state index in [9.17, 15) is 4.79 Å². The van der Waals surface area contributed by atoms with Crippen molar-refractivity contribution < 1.29 is 9.90 Å². The van der Waals surface area contributed by atoms with Gasteiger partial charge < -0.3 is 10.8 Å². The first-order chi connectivity index (χ1) is 7.50. The molecule has 1 aromatic carbocycles. The van der Waals surface area contributed by atoms with Crippen LogP contribution in [0.2, 0.25) is 0 Å². The van der Waals surface area contributed by atoms with Gasteiger partial charge in [-0.1, -0.05) is 28.1 Å². The molecule has 0 saturated heterocycles. The molecule has 0 aliphatic heterocycles. The first kappa shape index (κ1) is 13.2. The summed E-state index contributed by atoms with van der Waals surface area (Å²) in [4.78, 5) is 10.5. The van der Waals surface area contributed by atoms with Crippen molar-refractivity contribution in [2.45, 2.75) is 32.2 Å². The minimum Gasteiger partial charge on any atom is -0.480 e. The third kappa shape index (κ3) is 3.94. The maximum Gasteiger partial charge on any atom is 0.320 e. The Hall–Kier alpha value is -0.870. The molecule has 1 atom stereocenters. The van der Waals surface area contributed by atoms with Crippen LogP contribution < -0.4 is 5.73 Å². The maximum atomic E-state index is 10.5. The number of benzene rings is 1. The number of halogens is 1. The number of nitrogens with two attached hydrogens (primary N) is 1. The van der Waals surface area contributed by atoms with E-state index in [0.29, 0.717) is 6.42 Å². The number of rotatable bonds is 5. The summed E-state index contributed by atoms with van der Waals surface area (Å²) < 4.78 is 1.10. The predicted octanol–water partition coefficient (Wildman–Crippen LogP) is 2.49. The molecule has 88 valence electrons. The van der Waals surface area contributed by atoms with Crippen molar-refractivity contribution in [3.8, 4) is 0 Å². The van der Waals surface area contributed by atoms with Gasteiger partial charge in [-0.3, -0.25) is 4.79 Å². The fraction of sp³-hybridized carbons (Fsp3) is 0.417. The molecule has 1 unspecified atom stereocenters. The average molecular weight is 286 g/mol. The second kappa shape index (κ2) is 6.01. The van der Waals surface area contributed by atoms with Crippen LogP contribution in [-0.4, -0.2) is 17.1 Å². The van der Waals surface area contributed by atoms with Gasteiger partial charge in [0.25, 0.3) is 0 Å². The number of carbonyl (C=O) groups is 1. The molecular weight excluding hydrogens is 270 g/mol. The van der Waals surface area contributed by atoms with Crippen LogP contribution in [0.25, 0.3) is 0 Å². The number of hydrogen-bond acceptors (Lipinski definition) is 2. The zero-order chi connectivity index (χ0) is 12.1. The lowest BCUT2D eigenvalue weighted by atomic mass is 10.0. The summed E-state index contributed by atoms with van der Waals surface area (Å²) in [5.74, 6) is -0.924. The third-order valence-electron chi connectivity index (χ3n) is 2.52. The number of aryl methyl sites for hydroxylation is 2. The van der Waals surface area contributed by atoms with Crippen molar-refractivity contribution in [2.24, 2.45) is 5.73 Å². The van der Waals surface area contributed by atoms with E-state index < -0.39 is 12.0 Å². The Morgan fingerprint density at radius 2 is 2.25 bits per heavy atom. The lowest BCUT2D eigenvalue weighted by Crippen LogP contribution is -2.29. The van der Waals surface area contributed by atoms with Gasteiger partial charge in [-0.25, -0.2) is 0 Å². The Bertz CT molecular complexity index is 379. The third-order valence-corrected chi connectivity index (χ3v) is 3.41. The molecule has 16 heavy (non-hydrogen) atoms. The van der Waals surface area contributed by atoms with Crippen LogP contribution in [0.15, 0.2) is 22.7 Å². The van der Waals surface area contributed by atoms with E-state index in [1.54, 1.807) is 0 Å². The van der Waals surface area contributed by atoms with Crippen molar-refractivity contribution in [1.29, 1.82) is 0 Å². The summed E-state index contributed by atoms with van der Waals surface area (Å²) in [6, 6.07) is 5.43. The quantitative estimate of drug-likeness (QED) is 0.874. The van der Waals surface area contributed by atoms with E-state index in [2.05, 4.69) is 22.0 Å². The van der Waals surface area contributed by atoms with Crippen molar-refractivity contribution in [2.75, 3.05) is 0 Å². The minimum absolute atomic E-state index is 0.518. The fourth-order valence-electron chi connectivity index (χ4n) is 1.51. The van der Waals surface area contributed by atoms with Crippen LogP contribution >= 0.6 is 15.9 Å². The summed E-state index contributed by atoms with van der Waals surface area (Å²) in [6.45, 7) is 2.04. The maximum absolute atomic E-state index is 10.5. The Morgan fingerprint density at radius 3 is 2.81 bits per heavy atom. The summed E-state index contributed by atoms with van der Waals surface area (Å²) >= 11 is 3.44. The summed E-state index contributed by atoms with van der Waals surface area (Å²) in [5, 5.41) is 8.63. The number of carboxylic acid groups (broad SMARTS) is 1. The van der Waals surface area contributed by atoms with Gasteiger partial charge in [-0.15, -0.1) is 0 Å². The molecule has 4 heteroatoms. The predicted molar refractivity (Wildman–Crippen MR) is 67.4 cm³/mol. The van der Waals surface area contributed by atoms with Crippen molar-refractivity contribution in [3.05, 3.63) is 33.8 Å². The van der Waals surface area contributed by atoms with Gasteiger partial charge in [0.2, 0.25) is 0 Å². The largest absolute Gasteiger partial charge is 0.480 e. The average Bonchev–Trinajstić information content (AvgIpc) is 2.23. The Morgan fingerprint density at radius 1 is 1.56 bits per heavy atom.